The first-order valence-electron chi connectivity index (χ1n) is 6.59. The molecule has 0 aliphatic rings. The van der Waals surface area contributed by atoms with E-state index in [0.717, 1.165) is 12.1 Å². The number of carbonyl (C=O) groups is 2. The van der Waals surface area contributed by atoms with E-state index in [1.165, 1.54) is 28.8 Å². The van der Waals surface area contributed by atoms with Gasteiger partial charge in [0.1, 0.15) is 5.69 Å². The van der Waals surface area contributed by atoms with Crippen molar-refractivity contribution in [3.05, 3.63) is 59.4 Å². The minimum absolute atomic E-state index is 0.0569. The van der Waals surface area contributed by atoms with E-state index in [0.29, 0.717) is 0 Å². The second kappa shape index (κ2) is 6.17. The molecule has 21 heavy (non-hydrogen) atoms. The summed E-state index contributed by atoms with van der Waals surface area (Å²) in [4.78, 5) is 28.5. The molecule has 5 nitrogen and oxygen atoms in total. The number of carboxylic acid groups (broad SMARTS) is 1. The zero-order chi connectivity index (χ0) is 15.4. The molecule has 1 heterocycles. The molecule has 0 saturated carbocycles. The van der Waals surface area contributed by atoms with E-state index in [1.807, 2.05) is 24.3 Å². The highest BCUT2D eigenvalue weighted by atomic mass is 16.4. The molecule has 0 fully saturated rings. The van der Waals surface area contributed by atoms with Crippen LogP contribution in [-0.4, -0.2) is 29.0 Å². The van der Waals surface area contributed by atoms with E-state index in [2.05, 4.69) is 11.9 Å². The number of benzene rings is 1. The second-order valence-electron chi connectivity index (χ2n) is 4.62. The first-order valence-corrected chi connectivity index (χ1v) is 6.59. The van der Waals surface area contributed by atoms with Crippen molar-refractivity contribution in [2.24, 2.45) is 0 Å². The molecule has 108 valence electrons. The number of amides is 1. The lowest BCUT2D eigenvalue weighted by Gasteiger charge is -2.17. The molecule has 0 saturated heterocycles. The number of aromatic nitrogens is 1. The number of rotatable bonds is 4. The predicted molar refractivity (Wildman–Crippen MR) is 79.7 cm³/mol. The average molecular weight is 284 g/mol. The van der Waals surface area contributed by atoms with Gasteiger partial charge < -0.3 is 10.0 Å². The van der Waals surface area contributed by atoms with Crippen molar-refractivity contribution in [2.45, 2.75) is 13.3 Å². The SMILES string of the molecule is CCc1ccc(N(C)C(=O)c2ccc(C(=O)O)cn2)cc1. The Kier molecular flexibility index (Phi) is 4.33. The molecule has 0 aliphatic carbocycles. The van der Waals surface area contributed by atoms with Gasteiger partial charge in [0.2, 0.25) is 0 Å². The van der Waals surface area contributed by atoms with Crippen LogP contribution < -0.4 is 4.90 Å². The summed E-state index contributed by atoms with van der Waals surface area (Å²) >= 11 is 0. The van der Waals surface area contributed by atoms with E-state index in [4.69, 9.17) is 5.11 Å². The van der Waals surface area contributed by atoms with E-state index >= 15 is 0 Å². The van der Waals surface area contributed by atoms with E-state index in [9.17, 15) is 9.59 Å². The molecular weight excluding hydrogens is 268 g/mol. The molecule has 0 radical (unpaired) electrons. The summed E-state index contributed by atoms with van der Waals surface area (Å²) in [6.45, 7) is 2.07. The van der Waals surface area contributed by atoms with Gasteiger partial charge in [-0.3, -0.25) is 9.78 Å². The summed E-state index contributed by atoms with van der Waals surface area (Å²) in [6, 6.07) is 10.5. The third-order valence-electron chi connectivity index (χ3n) is 3.27. The van der Waals surface area contributed by atoms with Crippen LogP contribution in [0.3, 0.4) is 0 Å². The summed E-state index contributed by atoms with van der Waals surface area (Å²) in [5, 5.41) is 8.82. The Labute approximate surface area is 122 Å². The second-order valence-corrected chi connectivity index (χ2v) is 4.62. The Balaban J connectivity index is 2.19. The molecule has 1 N–H and O–H groups in total. The fraction of sp³-hybridized carbons (Fsp3) is 0.188. The average Bonchev–Trinajstić information content (AvgIpc) is 2.53. The van der Waals surface area contributed by atoms with Crippen molar-refractivity contribution in [3.8, 4) is 0 Å². The van der Waals surface area contributed by atoms with Gasteiger partial charge in [-0.2, -0.15) is 0 Å². The molecule has 0 atom stereocenters. The standard InChI is InChI=1S/C16H16N2O3/c1-3-11-4-7-13(8-5-11)18(2)15(19)14-9-6-12(10-17-14)16(20)21/h4-10H,3H2,1-2H3,(H,20,21). The predicted octanol–water partition coefficient (Wildman–Crippen LogP) is 2.62. The van der Waals surface area contributed by atoms with Crippen LogP contribution in [0.4, 0.5) is 5.69 Å². The molecule has 1 aromatic carbocycles. The smallest absolute Gasteiger partial charge is 0.337 e. The number of carboxylic acids is 1. The van der Waals surface area contributed by atoms with Gasteiger partial charge in [-0.15, -0.1) is 0 Å². The lowest BCUT2D eigenvalue weighted by atomic mass is 10.1. The third kappa shape index (κ3) is 3.25. The summed E-state index contributed by atoms with van der Waals surface area (Å²) in [7, 11) is 1.66. The van der Waals surface area contributed by atoms with E-state index < -0.39 is 5.97 Å². The molecule has 2 rings (SSSR count). The van der Waals surface area contributed by atoms with Crippen LogP contribution in [-0.2, 0) is 6.42 Å². The van der Waals surface area contributed by atoms with Crippen molar-refractivity contribution < 1.29 is 14.7 Å². The fourth-order valence-corrected chi connectivity index (χ4v) is 1.89. The highest BCUT2D eigenvalue weighted by molar-refractivity contribution is 6.04. The molecule has 0 aliphatic heterocycles. The highest BCUT2D eigenvalue weighted by Crippen LogP contribution is 2.16. The molecule has 1 aromatic heterocycles. The Morgan fingerprint density at radius 2 is 1.81 bits per heavy atom. The number of carbonyl (C=O) groups excluding carboxylic acids is 1. The molecule has 0 spiro atoms. The van der Waals surface area contributed by atoms with Crippen LogP contribution in [0, 0.1) is 0 Å². The molecule has 2 aromatic rings. The Hall–Kier alpha value is -2.69. The van der Waals surface area contributed by atoms with Gasteiger partial charge in [0.15, 0.2) is 0 Å². The van der Waals surface area contributed by atoms with E-state index in [-0.39, 0.29) is 17.2 Å². The molecule has 0 bridgehead atoms. The zero-order valence-corrected chi connectivity index (χ0v) is 11.9. The maximum atomic E-state index is 12.3. The van der Waals surface area contributed by atoms with Gasteiger partial charge in [0.25, 0.3) is 5.91 Å². The number of hydrogen-bond donors (Lipinski definition) is 1. The van der Waals surface area contributed by atoms with Crippen molar-refractivity contribution in [1.82, 2.24) is 4.98 Å². The van der Waals surface area contributed by atoms with Crippen molar-refractivity contribution in [2.75, 3.05) is 11.9 Å². The van der Waals surface area contributed by atoms with Crippen molar-refractivity contribution in [1.29, 1.82) is 0 Å². The number of aromatic carboxylic acids is 1. The summed E-state index contributed by atoms with van der Waals surface area (Å²) < 4.78 is 0. The first kappa shape index (κ1) is 14.7. The minimum atomic E-state index is -1.06. The Morgan fingerprint density at radius 1 is 1.14 bits per heavy atom. The molecule has 1 amide bonds. The lowest BCUT2D eigenvalue weighted by molar-refractivity contribution is 0.0695. The molecule has 0 unspecified atom stereocenters. The maximum Gasteiger partial charge on any atom is 0.337 e. The lowest BCUT2D eigenvalue weighted by Crippen LogP contribution is -2.27. The maximum absolute atomic E-state index is 12.3. The number of anilines is 1. The van der Waals surface area contributed by atoms with Gasteiger partial charge in [-0.1, -0.05) is 19.1 Å². The molecule has 5 heteroatoms. The Morgan fingerprint density at radius 3 is 2.29 bits per heavy atom. The topological polar surface area (TPSA) is 70.5 Å². The fourth-order valence-electron chi connectivity index (χ4n) is 1.89. The van der Waals surface area contributed by atoms with Crippen LogP contribution in [0.25, 0.3) is 0 Å². The quantitative estimate of drug-likeness (QED) is 0.937. The van der Waals surface area contributed by atoms with Crippen molar-refractivity contribution >= 4 is 17.6 Å². The largest absolute Gasteiger partial charge is 0.478 e. The summed E-state index contributed by atoms with van der Waals surface area (Å²) in [5.41, 5.74) is 2.23. The van der Waals surface area contributed by atoms with Crippen molar-refractivity contribution in [3.63, 3.8) is 0 Å². The van der Waals surface area contributed by atoms with Crippen LogP contribution >= 0.6 is 0 Å². The summed E-state index contributed by atoms with van der Waals surface area (Å²) in [6.07, 6.45) is 2.12. The van der Waals surface area contributed by atoms with Gasteiger partial charge in [-0.25, -0.2) is 4.79 Å². The van der Waals surface area contributed by atoms with E-state index in [1.54, 1.807) is 7.05 Å². The number of pyridine rings is 1. The molecular formula is C16H16N2O3. The minimum Gasteiger partial charge on any atom is -0.478 e. The van der Waals surface area contributed by atoms with Gasteiger partial charge >= 0.3 is 5.97 Å². The van der Waals surface area contributed by atoms with Gasteiger partial charge in [0.05, 0.1) is 5.56 Å². The highest BCUT2D eigenvalue weighted by Gasteiger charge is 2.15. The van der Waals surface area contributed by atoms with Crippen LogP contribution in [0.5, 0.6) is 0 Å². The summed E-state index contributed by atoms with van der Waals surface area (Å²) in [5.74, 6) is -1.35. The van der Waals surface area contributed by atoms with Crippen LogP contribution in [0.1, 0.15) is 33.3 Å². The third-order valence-corrected chi connectivity index (χ3v) is 3.27. The monoisotopic (exact) mass is 284 g/mol. The number of hydrogen-bond acceptors (Lipinski definition) is 3. The Bertz CT molecular complexity index is 648. The first-order chi connectivity index (χ1) is 10.0. The number of nitrogens with zero attached hydrogens (tertiary/aromatic N) is 2. The van der Waals surface area contributed by atoms with Crippen LogP contribution in [0.2, 0.25) is 0 Å². The van der Waals surface area contributed by atoms with Gasteiger partial charge in [-0.05, 0) is 36.2 Å². The zero-order valence-electron chi connectivity index (χ0n) is 11.9. The van der Waals surface area contributed by atoms with Crippen LogP contribution in [0.15, 0.2) is 42.6 Å². The normalized spacial score (nSPS) is 10.2. The number of aryl methyl sites for hydroxylation is 1. The van der Waals surface area contributed by atoms with Gasteiger partial charge in [0, 0.05) is 18.9 Å².